The monoisotopic (exact) mass is 300 g/mol. The first-order chi connectivity index (χ1) is 10.3. The van der Waals surface area contributed by atoms with E-state index >= 15 is 0 Å². The number of hydrogen-bond donors (Lipinski definition) is 1. The number of nitrogens with zero attached hydrogens (tertiary/aromatic N) is 3. The van der Waals surface area contributed by atoms with E-state index in [-0.39, 0.29) is 6.04 Å². The second-order valence-electron chi connectivity index (χ2n) is 4.96. The molecule has 0 fully saturated rings. The van der Waals surface area contributed by atoms with E-state index in [2.05, 4.69) is 21.5 Å². The Bertz CT molecular complexity index is 801. The molecular formula is C15H13ClN4O. The van der Waals surface area contributed by atoms with Crippen LogP contribution in [0.15, 0.2) is 42.6 Å². The third-order valence-corrected chi connectivity index (χ3v) is 3.78. The lowest BCUT2D eigenvalue weighted by Crippen LogP contribution is -2.20. The first kappa shape index (κ1) is 12.5. The van der Waals surface area contributed by atoms with Gasteiger partial charge in [-0.25, -0.2) is 4.52 Å². The molecule has 0 saturated heterocycles. The lowest BCUT2D eigenvalue weighted by Gasteiger charge is -2.26. The van der Waals surface area contributed by atoms with Gasteiger partial charge in [-0.2, -0.15) is 4.98 Å². The molecule has 4 rings (SSSR count). The van der Waals surface area contributed by atoms with Crippen molar-refractivity contribution in [2.24, 2.45) is 0 Å². The lowest BCUT2D eigenvalue weighted by atomic mass is 10.0. The van der Waals surface area contributed by atoms with Gasteiger partial charge in [-0.3, -0.25) is 0 Å². The summed E-state index contributed by atoms with van der Waals surface area (Å²) in [7, 11) is 0. The average Bonchev–Trinajstić information content (AvgIpc) is 2.89. The average molecular weight is 301 g/mol. The molecule has 106 valence electrons. The van der Waals surface area contributed by atoms with E-state index in [1.807, 2.05) is 24.3 Å². The zero-order valence-electron chi connectivity index (χ0n) is 11.2. The number of ether oxygens (including phenoxy) is 1. The van der Waals surface area contributed by atoms with Gasteiger partial charge in [0.25, 0.3) is 0 Å². The summed E-state index contributed by atoms with van der Waals surface area (Å²) in [6, 6.07) is 11.9. The number of para-hydroxylation sites is 1. The fourth-order valence-electron chi connectivity index (χ4n) is 2.57. The van der Waals surface area contributed by atoms with Gasteiger partial charge in [-0.1, -0.05) is 29.8 Å². The van der Waals surface area contributed by atoms with Gasteiger partial charge in [0, 0.05) is 18.2 Å². The van der Waals surface area contributed by atoms with Gasteiger partial charge in [-0.05, 0) is 18.2 Å². The van der Waals surface area contributed by atoms with E-state index in [4.69, 9.17) is 16.3 Å². The standard InChI is InChI=1S/C15H13ClN4O/c16-10-5-6-14-18-15(19-20(14)9-10)17-12-7-8-21-13-4-2-1-3-11(12)13/h1-6,9,12H,7-8H2,(H,17,19). The number of hydrogen-bond acceptors (Lipinski definition) is 4. The van der Waals surface area contributed by atoms with Gasteiger partial charge in [0.2, 0.25) is 5.95 Å². The molecule has 1 atom stereocenters. The Morgan fingerprint density at radius 2 is 2.14 bits per heavy atom. The van der Waals surface area contributed by atoms with Gasteiger partial charge in [0.1, 0.15) is 5.75 Å². The molecule has 6 heteroatoms. The predicted molar refractivity (Wildman–Crippen MR) is 80.9 cm³/mol. The highest BCUT2D eigenvalue weighted by Gasteiger charge is 2.22. The highest BCUT2D eigenvalue weighted by molar-refractivity contribution is 6.30. The van der Waals surface area contributed by atoms with E-state index in [9.17, 15) is 0 Å². The van der Waals surface area contributed by atoms with Crippen LogP contribution in [0.25, 0.3) is 5.65 Å². The number of halogens is 1. The van der Waals surface area contributed by atoms with E-state index in [1.54, 1.807) is 16.8 Å². The molecule has 0 saturated carbocycles. The summed E-state index contributed by atoms with van der Waals surface area (Å²) in [4.78, 5) is 4.46. The predicted octanol–water partition coefficient (Wildman–Crippen LogP) is 3.32. The Morgan fingerprint density at radius 1 is 1.24 bits per heavy atom. The lowest BCUT2D eigenvalue weighted by molar-refractivity contribution is 0.274. The largest absolute Gasteiger partial charge is 0.493 e. The number of pyridine rings is 1. The highest BCUT2D eigenvalue weighted by atomic mass is 35.5. The Kier molecular flexibility index (Phi) is 2.93. The third kappa shape index (κ3) is 2.29. The van der Waals surface area contributed by atoms with Crippen LogP contribution in [0.1, 0.15) is 18.0 Å². The van der Waals surface area contributed by atoms with Crippen LogP contribution in [-0.4, -0.2) is 21.2 Å². The Labute approximate surface area is 126 Å². The third-order valence-electron chi connectivity index (χ3n) is 3.56. The van der Waals surface area contributed by atoms with Crippen LogP contribution in [0, 0.1) is 0 Å². The van der Waals surface area contributed by atoms with E-state index in [0.29, 0.717) is 17.6 Å². The van der Waals surface area contributed by atoms with Crippen molar-refractivity contribution in [3.8, 4) is 5.75 Å². The summed E-state index contributed by atoms with van der Waals surface area (Å²) in [6.07, 6.45) is 2.63. The summed E-state index contributed by atoms with van der Waals surface area (Å²) in [5, 5.41) is 8.42. The summed E-state index contributed by atoms with van der Waals surface area (Å²) in [6.45, 7) is 0.688. The highest BCUT2D eigenvalue weighted by Crippen LogP contribution is 2.33. The summed E-state index contributed by atoms with van der Waals surface area (Å²) < 4.78 is 7.34. The first-order valence-corrected chi connectivity index (χ1v) is 7.17. The topological polar surface area (TPSA) is 51.5 Å². The maximum absolute atomic E-state index is 5.96. The van der Waals surface area contributed by atoms with Crippen LogP contribution in [-0.2, 0) is 0 Å². The van der Waals surface area contributed by atoms with Gasteiger partial charge in [0.05, 0.1) is 17.7 Å². The molecule has 1 aliphatic rings. The molecule has 1 N–H and O–H groups in total. The second-order valence-corrected chi connectivity index (χ2v) is 5.39. The van der Waals surface area contributed by atoms with Crippen molar-refractivity contribution in [2.75, 3.05) is 11.9 Å². The minimum Gasteiger partial charge on any atom is -0.493 e. The fourth-order valence-corrected chi connectivity index (χ4v) is 2.72. The summed E-state index contributed by atoms with van der Waals surface area (Å²) in [5.41, 5.74) is 1.91. The van der Waals surface area contributed by atoms with Crippen molar-refractivity contribution < 1.29 is 4.74 Å². The van der Waals surface area contributed by atoms with Crippen molar-refractivity contribution >= 4 is 23.2 Å². The number of benzene rings is 1. The molecule has 1 unspecified atom stereocenters. The molecule has 3 heterocycles. The number of fused-ring (bicyclic) bond motifs is 2. The SMILES string of the molecule is Clc1ccc2nc(NC3CCOc4ccccc43)nn2c1. The zero-order chi connectivity index (χ0) is 14.2. The van der Waals surface area contributed by atoms with Gasteiger partial charge in [0.15, 0.2) is 5.65 Å². The Hall–Kier alpha value is -2.27. The number of nitrogens with one attached hydrogen (secondary N) is 1. The van der Waals surface area contributed by atoms with E-state index in [1.165, 1.54) is 0 Å². The molecule has 3 aromatic rings. The quantitative estimate of drug-likeness (QED) is 0.789. The maximum Gasteiger partial charge on any atom is 0.243 e. The van der Waals surface area contributed by atoms with Gasteiger partial charge < -0.3 is 10.1 Å². The molecule has 21 heavy (non-hydrogen) atoms. The van der Waals surface area contributed by atoms with Crippen molar-refractivity contribution in [1.29, 1.82) is 0 Å². The van der Waals surface area contributed by atoms with Gasteiger partial charge in [-0.15, -0.1) is 5.10 Å². The molecule has 1 aromatic carbocycles. The molecule has 0 radical (unpaired) electrons. The van der Waals surface area contributed by atoms with E-state index in [0.717, 1.165) is 23.4 Å². The molecule has 0 bridgehead atoms. The molecule has 2 aromatic heterocycles. The molecule has 0 aliphatic carbocycles. The Morgan fingerprint density at radius 3 is 3.10 bits per heavy atom. The molecule has 0 amide bonds. The molecule has 5 nitrogen and oxygen atoms in total. The van der Waals surface area contributed by atoms with Crippen LogP contribution >= 0.6 is 11.6 Å². The Balaban J connectivity index is 1.66. The summed E-state index contributed by atoms with van der Waals surface area (Å²) in [5.74, 6) is 1.52. The molecular weight excluding hydrogens is 288 g/mol. The van der Waals surface area contributed by atoms with E-state index < -0.39 is 0 Å². The minimum absolute atomic E-state index is 0.155. The molecule has 1 aliphatic heterocycles. The second kappa shape index (κ2) is 4.93. The van der Waals surface area contributed by atoms with Crippen molar-refractivity contribution in [3.05, 3.63) is 53.2 Å². The van der Waals surface area contributed by atoms with Crippen molar-refractivity contribution in [3.63, 3.8) is 0 Å². The van der Waals surface area contributed by atoms with Crippen LogP contribution in [0.4, 0.5) is 5.95 Å². The first-order valence-electron chi connectivity index (χ1n) is 6.80. The number of aromatic nitrogens is 3. The maximum atomic E-state index is 5.96. The van der Waals surface area contributed by atoms with Crippen LogP contribution in [0.5, 0.6) is 5.75 Å². The van der Waals surface area contributed by atoms with Crippen LogP contribution in [0.3, 0.4) is 0 Å². The van der Waals surface area contributed by atoms with Gasteiger partial charge >= 0.3 is 0 Å². The minimum atomic E-state index is 0.155. The smallest absolute Gasteiger partial charge is 0.243 e. The van der Waals surface area contributed by atoms with Crippen LogP contribution < -0.4 is 10.1 Å². The fraction of sp³-hybridized carbons (Fsp3) is 0.200. The molecule has 0 spiro atoms. The number of anilines is 1. The number of rotatable bonds is 2. The normalized spacial score (nSPS) is 17.3. The van der Waals surface area contributed by atoms with Crippen LogP contribution in [0.2, 0.25) is 5.02 Å². The van der Waals surface area contributed by atoms with Crippen molar-refractivity contribution in [1.82, 2.24) is 14.6 Å². The van der Waals surface area contributed by atoms with Crippen molar-refractivity contribution in [2.45, 2.75) is 12.5 Å². The summed E-state index contributed by atoms with van der Waals surface area (Å²) >= 11 is 5.96. The zero-order valence-corrected chi connectivity index (χ0v) is 11.9.